The Kier molecular flexibility index (Phi) is 2.83. The van der Waals surface area contributed by atoms with Crippen molar-refractivity contribution in [3.8, 4) is 5.69 Å². The maximum atomic E-state index is 14.2. The molecular weight excluding hydrogens is 324 g/mol. The summed E-state index contributed by atoms with van der Waals surface area (Å²) in [6.07, 6.45) is 1.16. The zero-order valence-electron chi connectivity index (χ0n) is 11.3. The van der Waals surface area contributed by atoms with Gasteiger partial charge in [0.05, 0.1) is 21.5 Å². The van der Waals surface area contributed by atoms with E-state index in [0.29, 0.717) is 10.6 Å². The van der Waals surface area contributed by atoms with Crippen molar-refractivity contribution in [3.05, 3.63) is 63.9 Å². The minimum Gasteiger partial charge on any atom is -0.477 e. The number of benzene rings is 2. The van der Waals surface area contributed by atoms with Gasteiger partial charge in [0.1, 0.15) is 5.56 Å². The van der Waals surface area contributed by atoms with E-state index in [9.17, 15) is 23.5 Å². The summed E-state index contributed by atoms with van der Waals surface area (Å²) < 4.78 is 29.5. The van der Waals surface area contributed by atoms with Gasteiger partial charge >= 0.3 is 5.97 Å². The molecule has 0 fully saturated rings. The number of carboxylic acids is 1. The predicted octanol–water partition coefficient (Wildman–Crippen LogP) is 3.43. The summed E-state index contributed by atoms with van der Waals surface area (Å²) in [6, 6.07) is 7.69. The number of carbonyl (C=O) groups is 1. The number of pyridine rings is 1. The van der Waals surface area contributed by atoms with Gasteiger partial charge in [-0.2, -0.15) is 0 Å². The van der Waals surface area contributed by atoms with E-state index >= 15 is 0 Å². The molecular formula is C16H7F2NO3S. The molecule has 4 nitrogen and oxygen atoms in total. The Bertz CT molecular complexity index is 1080. The molecule has 1 aliphatic heterocycles. The van der Waals surface area contributed by atoms with E-state index in [-0.39, 0.29) is 15.8 Å². The average molecular weight is 331 g/mol. The van der Waals surface area contributed by atoms with Crippen molar-refractivity contribution in [2.45, 2.75) is 9.79 Å². The molecule has 0 radical (unpaired) electrons. The first-order valence-electron chi connectivity index (χ1n) is 6.57. The Morgan fingerprint density at radius 2 is 1.96 bits per heavy atom. The normalized spacial score (nSPS) is 12.3. The average Bonchev–Trinajstić information content (AvgIpc) is 2.54. The van der Waals surface area contributed by atoms with Crippen LogP contribution in [0.15, 0.2) is 51.1 Å². The molecule has 0 saturated carbocycles. The Hall–Kier alpha value is -2.67. The molecule has 4 rings (SSSR count). The molecule has 3 aromatic rings. The second-order valence-electron chi connectivity index (χ2n) is 5.01. The van der Waals surface area contributed by atoms with Crippen molar-refractivity contribution >= 4 is 28.6 Å². The molecule has 1 aliphatic rings. The number of hydrogen-bond donors (Lipinski definition) is 1. The van der Waals surface area contributed by atoms with Gasteiger partial charge in [-0.1, -0.05) is 23.9 Å². The fourth-order valence-electron chi connectivity index (χ4n) is 2.69. The summed E-state index contributed by atoms with van der Waals surface area (Å²) in [5, 5.41) is 9.07. The summed E-state index contributed by atoms with van der Waals surface area (Å²) >= 11 is 1.02. The fourth-order valence-corrected chi connectivity index (χ4v) is 3.82. The van der Waals surface area contributed by atoms with Crippen LogP contribution in [-0.2, 0) is 0 Å². The van der Waals surface area contributed by atoms with Gasteiger partial charge in [-0.15, -0.1) is 0 Å². The third kappa shape index (κ3) is 1.83. The first-order valence-corrected chi connectivity index (χ1v) is 7.38. The minimum atomic E-state index is -1.41. The van der Waals surface area contributed by atoms with Crippen LogP contribution < -0.4 is 5.43 Å². The van der Waals surface area contributed by atoms with Crippen molar-refractivity contribution in [2.24, 2.45) is 0 Å². The molecule has 0 aliphatic carbocycles. The predicted molar refractivity (Wildman–Crippen MR) is 80.5 cm³/mol. The van der Waals surface area contributed by atoms with E-state index in [1.165, 1.54) is 4.57 Å². The van der Waals surface area contributed by atoms with Crippen LogP contribution in [0.5, 0.6) is 0 Å². The first kappa shape index (κ1) is 14.0. The number of rotatable bonds is 1. The summed E-state index contributed by atoms with van der Waals surface area (Å²) in [4.78, 5) is 24.2. The van der Waals surface area contributed by atoms with Gasteiger partial charge in [-0.05, 0) is 18.2 Å². The molecule has 0 saturated heterocycles. The summed E-state index contributed by atoms with van der Waals surface area (Å²) in [5.74, 6) is -3.64. The van der Waals surface area contributed by atoms with Crippen molar-refractivity contribution in [2.75, 3.05) is 0 Å². The van der Waals surface area contributed by atoms with Crippen LogP contribution in [0.4, 0.5) is 8.78 Å². The van der Waals surface area contributed by atoms with E-state index in [0.717, 1.165) is 24.0 Å². The van der Waals surface area contributed by atoms with Crippen molar-refractivity contribution in [1.29, 1.82) is 0 Å². The van der Waals surface area contributed by atoms with Crippen LogP contribution in [0.3, 0.4) is 0 Å². The molecule has 0 unspecified atom stereocenters. The maximum absolute atomic E-state index is 14.2. The van der Waals surface area contributed by atoms with Gasteiger partial charge < -0.3 is 9.67 Å². The number of para-hydroxylation sites is 1. The molecule has 7 heteroatoms. The maximum Gasteiger partial charge on any atom is 0.341 e. The molecule has 114 valence electrons. The standard InChI is InChI=1S/C16H7F2NO3S/c17-9-5-7-13-15(12(9)18)23-11-4-2-1-3-10(11)19(13)6-8(14(7)20)16(21)22/h1-6H,(H,21,22). The van der Waals surface area contributed by atoms with E-state index in [1.807, 2.05) is 0 Å². The lowest BCUT2D eigenvalue weighted by molar-refractivity contribution is 0.0695. The van der Waals surface area contributed by atoms with Crippen LogP contribution in [0.25, 0.3) is 16.6 Å². The molecule has 2 heterocycles. The second-order valence-corrected chi connectivity index (χ2v) is 6.07. The second kappa shape index (κ2) is 4.66. The lowest BCUT2D eigenvalue weighted by atomic mass is 10.1. The number of carboxylic acid groups (broad SMARTS) is 1. The molecule has 2 aromatic carbocycles. The van der Waals surface area contributed by atoms with Crippen LogP contribution in [-0.4, -0.2) is 15.6 Å². The van der Waals surface area contributed by atoms with Gasteiger partial charge in [0.2, 0.25) is 5.43 Å². The number of aromatic nitrogens is 1. The van der Waals surface area contributed by atoms with Crippen molar-refractivity contribution in [3.63, 3.8) is 0 Å². The Morgan fingerprint density at radius 1 is 1.22 bits per heavy atom. The summed E-state index contributed by atoms with van der Waals surface area (Å²) in [7, 11) is 0. The molecule has 0 bridgehead atoms. The molecule has 0 spiro atoms. The highest BCUT2D eigenvalue weighted by atomic mass is 32.2. The minimum absolute atomic E-state index is 0.0206. The molecule has 0 amide bonds. The van der Waals surface area contributed by atoms with E-state index in [1.54, 1.807) is 24.3 Å². The van der Waals surface area contributed by atoms with Crippen molar-refractivity contribution < 1.29 is 18.7 Å². The summed E-state index contributed by atoms with van der Waals surface area (Å²) in [6.45, 7) is 0. The zero-order chi connectivity index (χ0) is 16.3. The van der Waals surface area contributed by atoms with Gasteiger partial charge in [0.15, 0.2) is 11.6 Å². The summed E-state index contributed by atoms with van der Waals surface area (Å²) in [5.41, 5.74) is -0.522. The van der Waals surface area contributed by atoms with Gasteiger partial charge in [0, 0.05) is 11.1 Å². The van der Waals surface area contributed by atoms with E-state index in [2.05, 4.69) is 0 Å². The highest BCUT2D eigenvalue weighted by molar-refractivity contribution is 7.99. The van der Waals surface area contributed by atoms with Crippen LogP contribution in [0.2, 0.25) is 0 Å². The van der Waals surface area contributed by atoms with Gasteiger partial charge in [-0.25, -0.2) is 13.6 Å². The fraction of sp³-hybridized carbons (Fsp3) is 0. The topological polar surface area (TPSA) is 59.3 Å². The van der Waals surface area contributed by atoms with Crippen LogP contribution >= 0.6 is 11.8 Å². The SMILES string of the molecule is O=C(O)c1cn2c3c(c(F)c(F)cc3c1=O)Sc1ccccc1-2. The largest absolute Gasteiger partial charge is 0.477 e. The van der Waals surface area contributed by atoms with Gasteiger partial charge in [0.25, 0.3) is 0 Å². The molecule has 0 atom stereocenters. The van der Waals surface area contributed by atoms with Gasteiger partial charge in [-0.3, -0.25) is 4.79 Å². The number of hydrogen-bond acceptors (Lipinski definition) is 3. The number of nitrogens with zero attached hydrogens (tertiary/aromatic N) is 1. The number of fused-ring (bicyclic) bond motifs is 2. The number of aromatic carboxylic acids is 1. The van der Waals surface area contributed by atoms with Crippen LogP contribution in [0, 0.1) is 11.6 Å². The van der Waals surface area contributed by atoms with Crippen LogP contribution in [0.1, 0.15) is 10.4 Å². The Labute approximate surface area is 132 Å². The monoisotopic (exact) mass is 331 g/mol. The zero-order valence-corrected chi connectivity index (χ0v) is 12.2. The Balaban J connectivity index is 2.29. The lowest BCUT2D eigenvalue weighted by Crippen LogP contribution is -2.20. The Morgan fingerprint density at radius 3 is 2.70 bits per heavy atom. The van der Waals surface area contributed by atoms with E-state index in [4.69, 9.17) is 0 Å². The molecule has 23 heavy (non-hydrogen) atoms. The smallest absolute Gasteiger partial charge is 0.341 e. The number of halogens is 2. The van der Waals surface area contributed by atoms with E-state index < -0.39 is 28.6 Å². The molecule has 1 aromatic heterocycles. The first-order chi connectivity index (χ1) is 11.0. The highest BCUT2D eigenvalue weighted by Crippen LogP contribution is 2.43. The van der Waals surface area contributed by atoms with Crippen molar-refractivity contribution in [1.82, 2.24) is 4.57 Å². The third-order valence-corrected chi connectivity index (χ3v) is 4.85. The molecule has 1 N–H and O–H groups in total. The highest BCUT2D eigenvalue weighted by Gasteiger charge is 2.27. The quantitative estimate of drug-likeness (QED) is 0.580. The third-order valence-electron chi connectivity index (χ3n) is 3.71. The lowest BCUT2D eigenvalue weighted by Gasteiger charge is -2.23.